The number of halogens is 2. The Hall–Kier alpha value is -4.15. The van der Waals surface area contributed by atoms with Crippen molar-refractivity contribution in [3.05, 3.63) is 92.4 Å². The molecule has 0 aromatic heterocycles. The largest absolute Gasteiger partial charge is 0.493 e. The molecule has 0 bridgehead atoms. The van der Waals surface area contributed by atoms with E-state index in [4.69, 9.17) is 26.2 Å². The molecule has 2 N–H and O–H groups in total. The van der Waals surface area contributed by atoms with E-state index in [9.17, 15) is 19.2 Å². The van der Waals surface area contributed by atoms with Crippen LogP contribution in [0.15, 0.2) is 70.7 Å². The summed E-state index contributed by atoms with van der Waals surface area (Å²) in [6.07, 6.45) is 1.34. The van der Waals surface area contributed by atoms with Gasteiger partial charge >= 0.3 is 12.0 Å². The molecule has 0 atom stereocenters. The zero-order chi connectivity index (χ0) is 26.7. The Kier molecular flexibility index (Phi) is 7.61. The third kappa shape index (κ3) is 5.65. The fourth-order valence-electron chi connectivity index (χ4n) is 3.48. The van der Waals surface area contributed by atoms with E-state index in [1.54, 1.807) is 24.3 Å². The first-order valence-corrected chi connectivity index (χ1v) is 11.8. The third-order valence-electron chi connectivity index (χ3n) is 5.36. The van der Waals surface area contributed by atoms with Crippen LogP contribution in [0.25, 0.3) is 6.08 Å². The Balaban J connectivity index is 1.60. The van der Waals surface area contributed by atoms with Crippen molar-refractivity contribution in [2.75, 3.05) is 12.0 Å². The first-order chi connectivity index (χ1) is 17.7. The van der Waals surface area contributed by atoms with Gasteiger partial charge in [0.05, 0.1) is 18.4 Å². The maximum atomic E-state index is 13.1. The number of imide groups is 2. The first-order valence-electron chi connectivity index (χ1n) is 10.7. The quantitative estimate of drug-likeness (QED) is 0.294. The molecule has 3 aromatic carbocycles. The van der Waals surface area contributed by atoms with Crippen molar-refractivity contribution in [1.29, 1.82) is 0 Å². The van der Waals surface area contributed by atoms with E-state index in [2.05, 4.69) is 21.2 Å². The lowest BCUT2D eigenvalue weighted by Gasteiger charge is -2.26. The summed E-state index contributed by atoms with van der Waals surface area (Å²) in [5.41, 5.74) is 1.33. The Morgan fingerprint density at radius 3 is 2.35 bits per heavy atom. The van der Waals surface area contributed by atoms with Crippen LogP contribution in [0.2, 0.25) is 5.02 Å². The Morgan fingerprint density at radius 2 is 1.73 bits per heavy atom. The van der Waals surface area contributed by atoms with Gasteiger partial charge in [-0.25, -0.2) is 14.5 Å². The van der Waals surface area contributed by atoms with Gasteiger partial charge in [-0.2, -0.15) is 0 Å². The summed E-state index contributed by atoms with van der Waals surface area (Å²) in [4.78, 5) is 49.9. The van der Waals surface area contributed by atoms with Gasteiger partial charge in [0.25, 0.3) is 11.8 Å². The number of barbiturate groups is 1. The van der Waals surface area contributed by atoms with Crippen LogP contribution in [0, 0.1) is 0 Å². The number of rotatable bonds is 7. The molecule has 4 amide bonds. The van der Waals surface area contributed by atoms with Gasteiger partial charge < -0.3 is 14.6 Å². The molecule has 1 fully saturated rings. The number of carbonyl (C=O) groups is 4. The molecular weight excluding hydrogens is 568 g/mol. The molecule has 11 heteroatoms. The van der Waals surface area contributed by atoms with Crippen LogP contribution >= 0.6 is 27.5 Å². The van der Waals surface area contributed by atoms with Crippen LogP contribution in [-0.2, 0) is 16.2 Å². The maximum absolute atomic E-state index is 13.1. The van der Waals surface area contributed by atoms with Crippen molar-refractivity contribution in [3.8, 4) is 11.5 Å². The van der Waals surface area contributed by atoms with Crippen LogP contribution in [0.1, 0.15) is 21.5 Å². The lowest BCUT2D eigenvalue weighted by atomic mass is 10.1. The summed E-state index contributed by atoms with van der Waals surface area (Å²) in [6, 6.07) is 14.6. The predicted octanol–water partition coefficient (Wildman–Crippen LogP) is 5.05. The fraction of sp³-hybridized carbons (Fsp3) is 0.0769. The van der Waals surface area contributed by atoms with Crippen molar-refractivity contribution in [2.45, 2.75) is 6.61 Å². The lowest BCUT2D eigenvalue weighted by Crippen LogP contribution is -2.54. The number of anilines is 1. The molecular formula is C26H18BrClN2O7. The van der Waals surface area contributed by atoms with Gasteiger partial charge in [0.1, 0.15) is 12.2 Å². The van der Waals surface area contributed by atoms with E-state index >= 15 is 0 Å². The normalized spacial score (nSPS) is 14.5. The number of amides is 4. The Labute approximate surface area is 224 Å². The van der Waals surface area contributed by atoms with Crippen molar-refractivity contribution in [3.63, 3.8) is 0 Å². The van der Waals surface area contributed by atoms with Gasteiger partial charge in [-0.05, 0) is 65.7 Å². The van der Waals surface area contributed by atoms with Crippen LogP contribution in [0.3, 0.4) is 0 Å². The van der Waals surface area contributed by atoms with E-state index in [-0.39, 0.29) is 23.4 Å². The summed E-state index contributed by atoms with van der Waals surface area (Å²) >= 11 is 9.32. The highest BCUT2D eigenvalue weighted by molar-refractivity contribution is 9.10. The number of methoxy groups -OCH3 is 1. The standard InChI is InChI=1S/C26H18BrClN2O7/c1-36-21-11-16(20(27)12-22(21)37-13-14-2-4-15(5-3-14)25(33)34)10-19-23(31)29-26(35)30(24(19)32)18-8-6-17(28)7-9-18/h2-12H,13H2,1H3,(H,33,34)(H,29,31,35)/b19-10+. The number of ether oxygens (including phenoxy) is 2. The second-order valence-corrected chi connectivity index (χ2v) is 9.04. The molecule has 4 rings (SSSR count). The highest BCUT2D eigenvalue weighted by atomic mass is 79.9. The van der Waals surface area contributed by atoms with Crippen molar-refractivity contribution in [2.24, 2.45) is 0 Å². The molecule has 188 valence electrons. The molecule has 0 spiro atoms. The van der Waals surface area contributed by atoms with E-state index in [1.807, 2.05) is 0 Å². The topological polar surface area (TPSA) is 122 Å². The maximum Gasteiger partial charge on any atom is 0.335 e. The molecule has 1 saturated heterocycles. The minimum Gasteiger partial charge on any atom is -0.493 e. The molecule has 0 radical (unpaired) electrons. The molecule has 0 aliphatic carbocycles. The number of nitrogens with one attached hydrogen (secondary N) is 1. The summed E-state index contributed by atoms with van der Waals surface area (Å²) in [5.74, 6) is -1.96. The number of urea groups is 1. The van der Waals surface area contributed by atoms with Gasteiger partial charge in [0.2, 0.25) is 0 Å². The Bertz CT molecular complexity index is 1440. The van der Waals surface area contributed by atoms with Gasteiger partial charge in [-0.3, -0.25) is 14.9 Å². The number of hydrogen-bond acceptors (Lipinski definition) is 6. The molecule has 1 aliphatic rings. The number of carbonyl (C=O) groups excluding carboxylic acids is 3. The lowest BCUT2D eigenvalue weighted by molar-refractivity contribution is -0.122. The zero-order valence-electron chi connectivity index (χ0n) is 19.2. The number of benzene rings is 3. The van der Waals surface area contributed by atoms with Crippen molar-refractivity contribution < 1.29 is 33.8 Å². The molecule has 0 unspecified atom stereocenters. The van der Waals surface area contributed by atoms with Crippen LogP contribution in [-0.4, -0.2) is 36.0 Å². The highest BCUT2D eigenvalue weighted by Crippen LogP contribution is 2.36. The summed E-state index contributed by atoms with van der Waals surface area (Å²) < 4.78 is 11.8. The van der Waals surface area contributed by atoms with Gasteiger partial charge in [0, 0.05) is 9.50 Å². The summed E-state index contributed by atoms with van der Waals surface area (Å²) in [6.45, 7) is 0.141. The number of aromatic carboxylic acids is 1. The average molecular weight is 586 g/mol. The van der Waals surface area contributed by atoms with Crippen molar-refractivity contribution >= 4 is 63.1 Å². The number of hydrogen-bond donors (Lipinski definition) is 2. The van der Waals surface area contributed by atoms with Gasteiger partial charge in [0.15, 0.2) is 11.5 Å². The molecule has 9 nitrogen and oxygen atoms in total. The number of nitrogens with zero attached hydrogens (tertiary/aromatic N) is 1. The molecule has 0 saturated carbocycles. The van der Waals surface area contributed by atoms with Gasteiger partial charge in [-0.1, -0.05) is 39.7 Å². The van der Waals surface area contributed by atoms with Crippen LogP contribution in [0.5, 0.6) is 11.5 Å². The third-order valence-corrected chi connectivity index (χ3v) is 6.30. The van der Waals surface area contributed by atoms with E-state index in [0.29, 0.717) is 26.6 Å². The second-order valence-electron chi connectivity index (χ2n) is 7.75. The van der Waals surface area contributed by atoms with Crippen LogP contribution in [0.4, 0.5) is 10.5 Å². The van der Waals surface area contributed by atoms with E-state index < -0.39 is 23.8 Å². The predicted molar refractivity (Wildman–Crippen MR) is 139 cm³/mol. The summed E-state index contributed by atoms with van der Waals surface area (Å²) in [7, 11) is 1.44. The fourth-order valence-corrected chi connectivity index (χ4v) is 4.04. The van der Waals surface area contributed by atoms with Crippen LogP contribution < -0.4 is 19.7 Å². The highest BCUT2D eigenvalue weighted by Gasteiger charge is 2.37. The molecule has 1 aliphatic heterocycles. The minimum atomic E-state index is -1.02. The summed E-state index contributed by atoms with van der Waals surface area (Å²) in [5, 5.41) is 11.6. The number of carboxylic acid groups (broad SMARTS) is 1. The molecule has 37 heavy (non-hydrogen) atoms. The Morgan fingerprint density at radius 1 is 1.05 bits per heavy atom. The van der Waals surface area contributed by atoms with Gasteiger partial charge in [-0.15, -0.1) is 0 Å². The minimum absolute atomic E-state index is 0.141. The van der Waals surface area contributed by atoms with E-state index in [0.717, 1.165) is 10.5 Å². The van der Waals surface area contributed by atoms with Crippen molar-refractivity contribution in [1.82, 2.24) is 5.32 Å². The average Bonchev–Trinajstić information content (AvgIpc) is 2.87. The number of carboxylic acids is 1. The van der Waals surface area contributed by atoms with E-state index in [1.165, 1.54) is 49.6 Å². The smallest absolute Gasteiger partial charge is 0.335 e. The zero-order valence-corrected chi connectivity index (χ0v) is 21.5. The first kappa shape index (κ1) is 25.9. The monoisotopic (exact) mass is 584 g/mol. The molecule has 1 heterocycles. The molecule has 3 aromatic rings. The second kappa shape index (κ2) is 10.9. The SMILES string of the molecule is COc1cc(/C=C2\C(=O)NC(=O)N(c3ccc(Cl)cc3)C2=O)c(Br)cc1OCc1ccc(C(=O)O)cc1.